The van der Waals surface area contributed by atoms with Crippen LogP contribution in [-0.2, 0) is 13.6 Å². The number of phenolic OH excluding ortho intramolecular Hbond substituents is 1. The third kappa shape index (κ3) is 3.84. The quantitative estimate of drug-likeness (QED) is 0.411. The van der Waals surface area contributed by atoms with E-state index in [1.807, 2.05) is 55.1 Å². The lowest BCUT2D eigenvalue weighted by atomic mass is 9.99. The number of hydrogen-bond acceptors (Lipinski definition) is 5. The molecule has 0 atom stereocenters. The second kappa shape index (κ2) is 8.88. The number of hydrogen-bond donors (Lipinski definition) is 1. The van der Waals surface area contributed by atoms with Crippen molar-refractivity contribution in [3.05, 3.63) is 94.9 Å². The Hall–Kier alpha value is -4.03. The van der Waals surface area contributed by atoms with Crippen molar-refractivity contribution in [2.45, 2.75) is 13.5 Å². The van der Waals surface area contributed by atoms with Gasteiger partial charge in [0.1, 0.15) is 11.5 Å². The Morgan fingerprint density at radius 3 is 2.50 bits per heavy atom. The molecule has 36 heavy (non-hydrogen) atoms. The first kappa shape index (κ1) is 22.4. The molecule has 1 saturated heterocycles. The van der Waals surface area contributed by atoms with Crippen LogP contribution in [0, 0.1) is 6.92 Å². The summed E-state index contributed by atoms with van der Waals surface area (Å²) < 4.78 is 8.26. The minimum absolute atomic E-state index is 0.134. The van der Waals surface area contributed by atoms with Crippen LogP contribution in [0.15, 0.2) is 72.6 Å². The number of anilines is 1. The lowest BCUT2D eigenvalue weighted by Gasteiger charge is -2.36. The van der Waals surface area contributed by atoms with E-state index in [0.717, 1.165) is 48.2 Å². The average Bonchev–Trinajstić information content (AvgIpc) is 3.39. The molecule has 182 valence electrons. The summed E-state index contributed by atoms with van der Waals surface area (Å²) in [6, 6.07) is 20.2. The molecule has 0 unspecified atom stereocenters. The predicted octanol–water partition coefficient (Wildman–Crippen LogP) is 5.13. The number of rotatable bonds is 4. The minimum Gasteiger partial charge on any atom is -0.507 e. The normalized spacial score (nSPS) is 17.1. The number of carbonyl (C=O) groups is 1. The molecule has 3 heterocycles. The summed E-state index contributed by atoms with van der Waals surface area (Å²) in [6.07, 6.45) is 3.83. The van der Waals surface area contributed by atoms with Crippen LogP contribution < -0.4 is 9.64 Å². The van der Waals surface area contributed by atoms with Gasteiger partial charge in [-0.1, -0.05) is 36.4 Å². The van der Waals surface area contributed by atoms with E-state index >= 15 is 0 Å². The molecule has 4 aromatic rings. The monoisotopic (exact) mass is 479 g/mol. The summed E-state index contributed by atoms with van der Waals surface area (Å²) in [6.45, 7) is 5.93. The van der Waals surface area contributed by atoms with Gasteiger partial charge in [-0.3, -0.25) is 9.69 Å². The second-order valence-electron chi connectivity index (χ2n) is 9.65. The molecule has 1 N–H and O–H groups in total. The zero-order chi connectivity index (χ0) is 24.8. The number of piperazine rings is 1. The summed E-state index contributed by atoms with van der Waals surface area (Å²) in [5.41, 5.74) is 5.22. The van der Waals surface area contributed by atoms with Crippen LogP contribution in [0.2, 0.25) is 0 Å². The van der Waals surface area contributed by atoms with Crippen molar-refractivity contribution >= 4 is 28.4 Å². The van der Waals surface area contributed by atoms with Crippen LogP contribution in [0.5, 0.6) is 11.5 Å². The standard InChI is InChI=1S/C30H29N3O3/c1-20-16-26(34)24(19-32-12-14-33(15-13-32)22-8-4-3-5-9-22)30-28(20)29(35)27(36-30)17-21-18-31(2)25-11-7-6-10-23(21)25/h3-11,16-18,34H,12-15,19H2,1-2H3/b27-17+. The fraction of sp³-hybridized carbons (Fsp3) is 0.233. The highest BCUT2D eigenvalue weighted by molar-refractivity contribution is 6.16. The van der Waals surface area contributed by atoms with Gasteiger partial charge in [0.25, 0.3) is 0 Å². The number of allylic oxidation sites excluding steroid dienone is 1. The molecule has 2 aliphatic heterocycles. The molecule has 2 aliphatic rings. The van der Waals surface area contributed by atoms with Crippen LogP contribution in [0.25, 0.3) is 17.0 Å². The molecule has 0 bridgehead atoms. The molecule has 0 aliphatic carbocycles. The molecule has 6 heteroatoms. The Morgan fingerprint density at radius 2 is 1.72 bits per heavy atom. The maximum atomic E-state index is 13.4. The molecule has 0 amide bonds. The van der Waals surface area contributed by atoms with Crippen molar-refractivity contribution in [1.82, 2.24) is 9.47 Å². The summed E-state index contributed by atoms with van der Waals surface area (Å²) in [7, 11) is 1.99. The third-order valence-corrected chi connectivity index (χ3v) is 7.31. The summed E-state index contributed by atoms with van der Waals surface area (Å²) in [5.74, 6) is 0.834. The van der Waals surface area contributed by atoms with Gasteiger partial charge >= 0.3 is 0 Å². The molecule has 1 aromatic heterocycles. The Kier molecular flexibility index (Phi) is 5.53. The van der Waals surface area contributed by atoms with E-state index in [9.17, 15) is 9.90 Å². The Balaban J connectivity index is 1.27. The number of ketones is 1. The van der Waals surface area contributed by atoms with E-state index in [1.165, 1.54) is 5.69 Å². The molecule has 6 rings (SSSR count). The van der Waals surface area contributed by atoms with Crippen LogP contribution in [-0.4, -0.2) is 46.5 Å². The maximum Gasteiger partial charge on any atom is 0.232 e. The molecular formula is C30H29N3O3. The Morgan fingerprint density at radius 1 is 1.00 bits per heavy atom. The Labute approximate surface area is 210 Å². The number of para-hydroxylation sites is 2. The van der Waals surface area contributed by atoms with E-state index in [2.05, 4.69) is 40.1 Å². The first-order valence-corrected chi connectivity index (χ1v) is 12.4. The molecule has 3 aromatic carbocycles. The van der Waals surface area contributed by atoms with Gasteiger partial charge in [0.15, 0.2) is 5.76 Å². The smallest absolute Gasteiger partial charge is 0.232 e. The molecule has 0 spiro atoms. The summed E-state index contributed by atoms with van der Waals surface area (Å²) >= 11 is 0. The predicted molar refractivity (Wildman–Crippen MR) is 143 cm³/mol. The van der Waals surface area contributed by atoms with Gasteiger partial charge in [0.05, 0.1) is 11.1 Å². The van der Waals surface area contributed by atoms with Crippen molar-refractivity contribution in [2.75, 3.05) is 31.1 Å². The van der Waals surface area contributed by atoms with E-state index in [-0.39, 0.29) is 11.5 Å². The van der Waals surface area contributed by atoms with E-state index in [0.29, 0.717) is 29.2 Å². The first-order chi connectivity index (χ1) is 17.5. The number of aromatic nitrogens is 1. The van der Waals surface area contributed by atoms with Crippen LogP contribution in [0.4, 0.5) is 5.69 Å². The number of aryl methyl sites for hydroxylation is 2. The zero-order valence-electron chi connectivity index (χ0n) is 20.6. The van der Waals surface area contributed by atoms with Gasteiger partial charge < -0.3 is 19.3 Å². The first-order valence-electron chi connectivity index (χ1n) is 12.4. The lowest BCUT2D eigenvalue weighted by Crippen LogP contribution is -2.46. The van der Waals surface area contributed by atoms with Gasteiger partial charge in [-0.05, 0) is 42.8 Å². The number of carbonyl (C=O) groups excluding carboxylic acids is 1. The average molecular weight is 480 g/mol. The highest BCUT2D eigenvalue weighted by Crippen LogP contribution is 2.42. The van der Waals surface area contributed by atoms with E-state index in [1.54, 1.807) is 6.07 Å². The zero-order valence-corrected chi connectivity index (χ0v) is 20.6. The number of phenols is 1. The van der Waals surface area contributed by atoms with Crippen molar-refractivity contribution in [3.63, 3.8) is 0 Å². The second-order valence-corrected chi connectivity index (χ2v) is 9.65. The maximum absolute atomic E-state index is 13.4. The van der Waals surface area contributed by atoms with Gasteiger partial charge in [-0.2, -0.15) is 0 Å². The molecule has 0 saturated carbocycles. The number of benzene rings is 3. The largest absolute Gasteiger partial charge is 0.507 e. The number of ether oxygens (including phenoxy) is 1. The topological polar surface area (TPSA) is 57.9 Å². The van der Waals surface area contributed by atoms with Gasteiger partial charge in [0, 0.05) is 68.1 Å². The van der Waals surface area contributed by atoms with E-state index in [4.69, 9.17) is 4.74 Å². The molecule has 6 nitrogen and oxygen atoms in total. The van der Waals surface area contributed by atoms with Gasteiger partial charge in [-0.25, -0.2) is 0 Å². The third-order valence-electron chi connectivity index (χ3n) is 7.31. The lowest BCUT2D eigenvalue weighted by molar-refractivity contribution is 0.101. The van der Waals surface area contributed by atoms with Crippen LogP contribution in [0.3, 0.4) is 0 Å². The fourth-order valence-electron chi connectivity index (χ4n) is 5.39. The van der Waals surface area contributed by atoms with Crippen LogP contribution in [0.1, 0.15) is 27.0 Å². The van der Waals surface area contributed by atoms with Crippen molar-refractivity contribution in [1.29, 1.82) is 0 Å². The molecule has 0 radical (unpaired) electrons. The highest BCUT2D eigenvalue weighted by Gasteiger charge is 2.34. The van der Waals surface area contributed by atoms with E-state index < -0.39 is 0 Å². The number of nitrogens with zero attached hydrogens (tertiary/aromatic N) is 3. The molecular weight excluding hydrogens is 450 g/mol. The SMILES string of the molecule is Cc1cc(O)c(CN2CCN(c3ccccc3)CC2)c2c1C(=O)/C(=C\c1cn(C)c3ccccc13)O2. The summed E-state index contributed by atoms with van der Waals surface area (Å²) in [5, 5.41) is 11.9. The fourth-order valence-corrected chi connectivity index (χ4v) is 5.39. The number of Topliss-reactive ketones (excluding diaryl/α,β-unsaturated/α-hetero) is 1. The highest BCUT2D eigenvalue weighted by atomic mass is 16.5. The summed E-state index contributed by atoms with van der Waals surface area (Å²) in [4.78, 5) is 18.1. The van der Waals surface area contributed by atoms with Gasteiger partial charge in [0.2, 0.25) is 5.78 Å². The van der Waals surface area contributed by atoms with Crippen molar-refractivity contribution in [3.8, 4) is 11.5 Å². The number of fused-ring (bicyclic) bond motifs is 2. The Bertz CT molecular complexity index is 1500. The van der Waals surface area contributed by atoms with Crippen LogP contribution >= 0.6 is 0 Å². The van der Waals surface area contributed by atoms with Gasteiger partial charge in [-0.15, -0.1) is 0 Å². The molecule has 1 fully saturated rings. The van der Waals surface area contributed by atoms with Crippen molar-refractivity contribution < 1.29 is 14.6 Å². The minimum atomic E-state index is -0.134. The number of aromatic hydroxyl groups is 1. The van der Waals surface area contributed by atoms with Crippen molar-refractivity contribution in [2.24, 2.45) is 7.05 Å².